The number of ether oxygens (including phenoxy) is 2. The van der Waals surface area contributed by atoms with Gasteiger partial charge in [0.15, 0.2) is 0 Å². The number of pyridine rings is 1. The number of anilines is 2. The molecule has 1 aliphatic rings. The molecule has 2 N–H and O–H groups in total. The summed E-state index contributed by atoms with van der Waals surface area (Å²) in [6.45, 7) is 1.42. The molecule has 0 bridgehead atoms. The Bertz CT molecular complexity index is 832. The number of carbonyl (C=O) groups is 2. The molecule has 1 saturated carbocycles. The van der Waals surface area contributed by atoms with E-state index in [9.17, 15) is 9.59 Å². The van der Waals surface area contributed by atoms with E-state index in [1.165, 1.54) is 14.0 Å². The lowest BCUT2D eigenvalue weighted by molar-refractivity contribution is -0.114. The largest absolute Gasteiger partial charge is 0.495 e. The van der Waals surface area contributed by atoms with Gasteiger partial charge >= 0.3 is 0 Å². The smallest absolute Gasteiger partial charge is 0.256 e. The Balaban J connectivity index is 1.75. The second kappa shape index (κ2) is 8.53. The number of nitrogens with zero attached hydrogens (tertiary/aromatic N) is 1. The van der Waals surface area contributed by atoms with Crippen molar-refractivity contribution in [1.82, 2.24) is 4.98 Å². The van der Waals surface area contributed by atoms with E-state index < -0.39 is 0 Å². The van der Waals surface area contributed by atoms with Crippen molar-refractivity contribution < 1.29 is 19.1 Å². The summed E-state index contributed by atoms with van der Waals surface area (Å²) in [7, 11) is 1.52. The lowest BCUT2D eigenvalue weighted by Crippen LogP contribution is -2.15. The third kappa shape index (κ3) is 4.97. The van der Waals surface area contributed by atoms with Crippen molar-refractivity contribution in [3.8, 4) is 11.6 Å². The topological polar surface area (TPSA) is 89.6 Å². The summed E-state index contributed by atoms with van der Waals surface area (Å²) in [5.74, 6) is 0.440. The minimum absolute atomic E-state index is 0.172. The molecule has 1 fully saturated rings. The lowest BCUT2D eigenvalue weighted by atomic mass is 10.2. The van der Waals surface area contributed by atoms with Gasteiger partial charge in [0, 0.05) is 30.4 Å². The monoisotopic (exact) mass is 369 g/mol. The zero-order chi connectivity index (χ0) is 19.2. The van der Waals surface area contributed by atoms with Gasteiger partial charge in [0.2, 0.25) is 11.8 Å². The van der Waals surface area contributed by atoms with E-state index in [1.807, 2.05) is 0 Å². The number of rotatable bonds is 6. The van der Waals surface area contributed by atoms with E-state index in [0.717, 1.165) is 25.7 Å². The maximum Gasteiger partial charge on any atom is 0.256 e. The molecule has 2 aromatic rings. The second-order valence-electron chi connectivity index (χ2n) is 6.46. The maximum atomic E-state index is 12.7. The normalized spacial score (nSPS) is 13.9. The van der Waals surface area contributed by atoms with Crippen molar-refractivity contribution >= 4 is 23.2 Å². The summed E-state index contributed by atoms with van der Waals surface area (Å²) in [5.41, 5.74) is 1.47. The van der Waals surface area contributed by atoms with Crippen molar-refractivity contribution in [3.05, 3.63) is 42.1 Å². The van der Waals surface area contributed by atoms with Gasteiger partial charge in [-0.25, -0.2) is 4.98 Å². The van der Waals surface area contributed by atoms with Crippen LogP contribution in [0.15, 0.2) is 36.5 Å². The minimum atomic E-state index is -0.313. The highest BCUT2D eigenvalue weighted by molar-refractivity contribution is 6.05. The summed E-state index contributed by atoms with van der Waals surface area (Å²) in [6.07, 6.45) is 6.09. The fraction of sp³-hybridized carbons (Fsp3) is 0.350. The Kier molecular flexibility index (Phi) is 5.90. The number of carbonyl (C=O) groups excluding carboxylic acids is 2. The standard InChI is InChI=1S/C20H23N3O4/c1-13(24)22-15-7-8-18(26-2)17(12-15)23-20(25)14-9-10-21-19(11-14)27-16-5-3-4-6-16/h7-12,16H,3-6H2,1-2H3,(H,22,24)(H,23,25). The molecular weight excluding hydrogens is 346 g/mol. The van der Waals surface area contributed by atoms with Gasteiger partial charge in [0.05, 0.1) is 12.8 Å². The third-order valence-electron chi connectivity index (χ3n) is 4.35. The van der Waals surface area contributed by atoms with E-state index in [1.54, 1.807) is 36.5 Å². The quantitative estimate of drug-likeness (QED) is 0.812. The summed E-state index contributed by atoms with van der Waals surface area (Å²) < 4.78 is 11.2. The van der Waals surface area contributed by atoms with Gasteiger partial charge in [0.25, 0.3) is 5.91 Å². The van der Waals surface area contributed by atoms with Gasteiger partial charge in [-0.05, 0) is 49.9 Å². The van der Waals surface area contributed by atoms with Crippen molar-refractivity contribution in [3.63, 3.8) is 0 Å². The third-order valence-corrected chi connectivity index (χ3v) is 4.35. The Morgan fingerprint density at radius 3 is 2.59 bits per heavy atom. The molecule has 7 nitrogen and oxygen atoms in total. The Labute approximate surface area is 158 Å². The average Bonchev–Trinajstić information content (AvgIpc) is 3.15. The molecule has 2 amide bonds. The number of aromatic nitrogens is 1. The predicted octanol–water partition coefficient (Wildman–Crippen LogP) is 3.62. The SMILES string of the molecule is COc1ccc(NC(C)=O)cc1NC(=O)c1ccnc(OC2CCCC2)c1. The first kappa shape index (κ1) is 18.7. The number of methoxy groups -OCH3 is 1. The van der Waals surface area contributed by atoms with Gasteiger partial charge in [-0.1, -0.05) is 0 Å². The molecule has 0 unspecified atom stereocenters. The molecule has 1 aromatic carbocycles. The Morgan fingerprint density at radius 2 is 1.89 bits per heavy atom. The molecule has 1 aromatic heterocycles. The van der Waals surface area contributed by atoms with E-state index in [0.29, 0.717) is 28.6 Å². The van der Waals surface area contributed by atoms with Crippen LogP contribution < -0.4 is 20.1 Å². The summed E-state index contributed by atoms with van der Waals surface area (Å²) in [5, 5.41) is 5.50. The minimum Gasteiger partial charge on any atom is -0.495 e. The molecular formula is C20H23N3O4. The van der Waals surface area contributed by atoms with Gasteiger partial charge in [-0.3, -0.25) is 9.59 Å². The number of amides is 2. The van der Waals surface area contributed by atoms with Crippen LogP contribution in [0.2, 0.25) is 0 Å². The number of hydrogen-bond acceptors (Lipinski definition) is 5. The van der Waals surface area contributed by atoms with E-state index in [4.69, 9.17) is 9.47 Å². The molecule has 1 aliphatic carbocycles. The highest BCUT2D eigenvalue weighted by atomic mass is 16.5. The van der Waals surface area contributed by atoms with Crippen LogP contribution >= 0.6 is 0 Å². The van der Waals surface area contributed by atoms with Gasteiger partial charge in [-0.2, -0.15) is 0 Å². The van der Waals surface area contributed by atoms with Gasteiger partial charge < -0.3 is 20.1 Å². The molecule has 0 atom stereocenters. The zero-order valence-corrected chi connectivity index (χ0v) is 15.5. The molecule has 142 valence electrons. The average molecular weight is 369 g/mol. The fourth-order valence-electron chi connectivity index (χ4n) is 3.07. The molecule has 0 radical (unpaired) electrons. The molecule has 0 aliphatic heterocycles. The van der Waals surface area contributed by atoms with Crippen molar-refractivity contribution in [2.45, 2.75) is 38.7 Å². The molecule has 0 saturated heterocycles. The van der Waals surface area contributed by atoms with Crippen LogP contribution in [0, 0.1) is 0 Å². The number of benzene rings is 1. The summed E-state index contributed by atoms with van der Waals surface area (Å²) in [6, 6.07) is 8.30. The van der Waals surface area contributed by atoms with Gasteiger partial charge in [0.1, 0.15) is 11.9 Å². The highest BCUT2D eigenvalue weighted by Gasteiger charge is 2.18. The van der Waals surface area contributed by atoms with E-state index in [2.05, 4.69) is 15.6 Å². The highest BCUT2D eigenvalue weighted by Crippen LogP contribution is 2.29. The van der Waals surface area contributed by atoms with Crippen molar-refractivity contribution in [1.29, 1.82) is 0 Å². The van der Waals surface area contributed by atoms with Crippen LogP contribution in [0.3, 0.4) is 0 Å². The van der Waals surface area contributed by atoms with Crippen LogP contribution in [0.4, 0.5) is 11.4 Å². The molecule has 3 rings (SSSR count). The van der Waals surface area contributed by atoms with Gasteiger partial charge in [-0.15, -0.1) is 0 Å². The van der Waals surface area contributed by atoms with Crippen LogP contribution in [-0.4, -0.2) is 30.0 Å². The lowest BCUT2D eigenvalue weighted by Gasteiger charge is -2.14. The Morgan fingerprint density at radius 1 is 1.11 bits per heavy atom. The second-order valence-corrected chi connectivity index (χ2v) is 6.46. The Hall–Kier alpha value is -3.09. The molecule has 0 spiro atoms. The first-order valence-electron chi connectivity index (χ1n) is 8.95. The molecule has 1 heterocycles. The number of hydrogen-bond donors (Lipinski definition) is 2. The maximum absolute atomic E-state index is 12.7. The fourth-order valence-corrected chi connectivity index (χ4v) is 3.07. The summed E-state index contributed by atoms with van der Waals surface area (Å²) >= 11 is 0. The predicted molar refractivity (Wildman–Crippen MR) is 102 cm³/mol. The van der Waals surface area contributed by atoms with E-state index in [-0.39, 0.29) is 17.9 Å². The molecule has 7 heteroatoms. The first-order valence-corrected chi connectivity index (χ1v) is 8.95. The van der Waals surface area contributed by atoms with Crippen LogP contribution in [0.25, 0.3) is 0 Å². The van der Waals surface area contributed by atoms with Crippen molar-refractivity contribution in [2.24, 2.45) is 0 Å². The van der Waals surface area contributed by atoms with E-state index >= 15 is 0 Å². The number of nitrogens with one attached hydrogen (secondary N) is 2. The van der Waals surface area contributed by atoms with Crippen LogP contribution in [-0.2, 0) is 4.79 Å². The first-order chi connectivity index (χ1) is 13.0. The van der Waals surface area contributed by atoms with Crippen LogP contribution in [0.1, 0.15) is 43.0 Å². The summed E-state index contributed by atoms with van der Waals surface area (Å²) in [4.78, 5) is 28.1. The zero-order valence-electron chi connectivity index (χ0n) is 15.5. The molecule has 27 heavy (non-hydrogen) atoms. The van der Waals surface area contributed by atoms with Crippen LogP contribution in [0.5, 0.6) is 11.6 Å². The van der Waals surface area contributed by atoms with Crippen molar-refractivity contribution in [2.75, 3.05) is 17.7 Å².